The lowest BCUT2D eigenvalue weighted by Crippen LogP contribution is -2.55. The summed E-state index contributed by atoms with van der Waals surface area (Å²) in [4.78, 5) is 2.32. The molecule has 0 amide bonds. The highest BCUT2D eigenvalue weighted by Gasteiger charge is 2.43. The van der Waals surface area contributed by atoms with Gasteiger partial charge in [-0.25, -0.2) is 0 Å². The minimum absolute atomic E-state index is 0.0646. The zero-order chi connectivity index (χ0) is 13.2. The predicted octanol–water partition coefficient (Wildman–Crippen LogP) is 3.44. The molecule has 0 aromatic carbocycles. The van der Waals surface area contributed by atoms with E-state index in [9.17, 15) is 5.11 Å². The maximum atomic E-state index is 10.8. The fourth-order valence-electron chi connectivity index (χ4n) is 4.12. The first-order valence-electron chi connectivity index (χ1n) is 7.90. The maximum absolute atomic E-state index is 10.8. The van der Waals surface area contributed by atoms with Gasteiger partial charge in [0.15, 0.2) is 0 Å². The van der Waals surface area contributed by atoms with Crippen molar-refractivity contribution in [3.8, 4) is 0 Å². The normalized spacial score (nSPS) is 36.2. The Hall–Kier alpha value is -0.0800. The van der Waals surface area contributed by atoms with Crippen LogP contribution in [0.2, 0.25) is 0 Å². The van der Waals surface area contributed by atoms with Crippen molar-refractivity contribution < 1.29 is 5.11 Å². The van der Waals surface area contributed by atoms with E-state index in [1.165, 1.54) is 51.4 Å². The van der Waals surface area contributed by atoms with Gasteiger partial charge in [0.05, 0.1) is 6.10 Å². The number of nitrogens with zero attached hydrogens (tertiary/aromatic N) is 1. The van der Waals surface area contributed by atoms with Gasteiger partial charge < -0.3 is 10.0 Å². The van der Waals surface area contributed by atoms with Crippen molar-refractivity contribution in [2.75, 3.05) is 14.1 Å². The third-order valence-electron chi connectivity index (χ3n) is 5.68. The molecule has 1 atom stereocenters. The molecule has 1 N–H and O–H groups in total. The third kappa shape index (κ3) is 2.91. The molecule has 0 heterocycles. The number of rotatable bonds is 4. The highest BCUT2D eigenvalue weighted by atomic mass is 16.3. The van der Waals surface area contributed by atoms with Gasteiger partial charge in [0.25, 0.3) is 0 Å². The van der Waals surface area contributed by atoms with E-state index in [1.807, 2.05) is 0 Å². The van der Waals surface area contributed by atoms with E-state index in [-0.39, 0.29) is 11.6 Å². The Bertz CT molecular complexity index is 250. The molecule has 0 saturated heterocycles. The van der Waals surface area contributed by atoms with Gasteiger partial charge in [-0.1, -0.05) is 32.6 Å². The number of aliphatic hydroxyl groups is 1. The summed E-state index contributed by atoms with van der Waals surface area (Å²) in [6, 6.07) is 0. The van der Waals surface area contributed by atoms with Crippen LogP contribution in [-0.2, 0) is 0 Å². The lowest BCUT2D eigenvalue weighted by molar-refractivity contribution is -0.0491. The van der Waals surface area contributed by atoms with E-state index in [1.54, 1.807) is 0 Å². The van der Waals surface area contributed by atoms with E-state index in [0.717, 1.165) is 18.3 Å². The minimum Gasteiger partial charge on any atom is -0.391 e. The van der Waals surface area contributed by atoms with E-state index < -0.39 is 0 Å². The molecule has 2 nitrogen and oxygen atoms in total. The van der Waals surface area contributed by atoms with Crippen LogP contribution < -0.4 is 0 Å². The Morgan fingerprint density at radius 3 is 2.17 bits per heavy atom. The lowest BCUT2D eigenvalue weighted by Gasteiger charge is -2.48. The summed E-state index contributed by atoms with van der Waals surface area (Å²) in [5.74, 6) is 1.63. The topological polar surface area (TPSA) is 23.5 Å². The van der Waals surface area contributed by atoms with Crippen LogP contribution in [0.4, 0.5) is 0 Å². The summed E-state index contributed by atoms with van der Waals surface area (Å²) >= 11 is 0. The first kappa shape index (κ1) is 14.3. The molecule has 2 rings (SSSR count). The smallest absolute Gasteiger partial charge is 0.0726 e. The zero-order valence-electron chi connectivity index (χ0n) is 12.5. The quantitative estimate of drug-likeness (QED) is 0.829. The highest BCUT2D eigenvalue weighted by molar-refractivity contribution is 4.98. The summed E-state index contributed by atoms with van der Waals surface area (Å²) < 4.78 is 0. The summed E-state index contributed by atoms with van der Waals surface area (Å²) in [5.41, 5.74) is 0.0646. The Kier molecular flexibility index (Phi) is 4.71. The van der Waals surface area contributed by atoms with Crippen LogP contribution in [0.15, 0.2) is 0 Å². The van der Waals surface area contributed by atoms with Crippen LogP contribution >= 0.6 is 0 Å². The number of hydrogen-bond donors (Lipinski definition) is 1. The largest absolute Gasteiger partial charge is 0.391 e. The van der Waals surface area contributed by atoms with Gasteiger partial charge in [0.2, 0.25) is 0 Å². The Balaban J connectivity index is 1.99. The van der Waals surface area contributed by atoms with Crippen LogP contribution in [0.3, 0.4) is 0 Å². The second-order valence-electron chi connectivity index (χ2n) is 7.08. The fraction of sp³-hybridized carbons (Fsp3) is 1.00. The Morgan fingerprint density at radius 1 is 1.11 bits per heavy atom. The van der Waals surface area contributed by atoms with Gasteiger partial charge in [-0.05, 0) is 58.0 Å². The maximum Gasteiger partial charge on any atom is 0.0726 e. The molecular weight excluding hydrogens is 222 g/mol. The molecular formula is C16H31NO. The lowest BCUT2D eigenvalue weighted by atomic mass is 9.71. The molecule has 18 heavy (non-hydrogen) atoms. The summed E-state index contributed by atoms with van der Waals surface area (Å²) in [7, 11) is 4.32. The van der Waals surface area contributed by atoms with Crippen LogP contribution in [0.5, 0.6) is 0 Å². The van der Waals surface area contributed by atoms with E-state index in [4.69, 9.17) is 0 Å². The minimum atomic E-state index is -0.122. The third-order valence-corrected chi connectivity index (χ3v) is 5.68. The molecule has 0 aromatic heterocycles. The second-order valence-corrected chi connectivity index (χ2v) is 7.08. The van der Waals surface area contributed by atoms with Crippen molar-refractivity contribution in [1.29, 1.82) is 0 Å². The van der Waals surface area contributed by atoms with Crippen molar-refractivity contribution in [1.82, 2.24) is 4.90 Å². The van der Waals surface area contributed by atoms with Crippen molar-refractivity contribution in [2.24, 2.45) is 11.8 Å². The average Bonchev–Trinajstić information content (AvgIpc) is 2.82. The molecule has 0 radical (unpaired) electrons. The molecule has 2 aliphatic rings. The SMILES string of the molecule is CC1CCC(C(O)CC2CCCC2)(N(C)C)CC1. The number of likely N-dealkylation sites (N-methyl/N-ethyl adjacent to an activating group) is 1. The molecule has 0 spiro atoms. The molecule has 2 saturated carbocycles. The van der Waals surface area contributed by atoms with Crippen molar-refractivity contribution in [2.45, 2.75) is 76.4 Å². The van der Waals surface area contributed by atoms with Crippen LogP contribution in [-0.4, -0.2) is 35.7 Å². The fourth-order valence-corrected chi connectivity index (χ4v) is 4.12. The predicted molar refractivity (Wildman–Crippen MR) is 76.6 cm³/mol. The Labute approximate surface area is 113 Å². The van der Waals surface area contributed by atoms with Crippen LogP contribution in [0.1, 0.15) is 64.7 Å². The first-order chi connectivity index (χ1) is 8.54. The summed E-state index contributed by atoms with van der Waals surface area (Å²) in [5, 5.41) is 10.8. The standard InChI is InChI=1S/C16H31NO/c1-13-8-10-16(11-9-13,17(2)3)15(18)12-14-6-4-5-7-14/h13-15,18H,4-12H2,1-3H3. The van der Waals surface area contributed by atoms with Gasteiger partial charge in [0, 0.05) is 5.54 Å². The molecule has 0 aliphatic heterocycles. The monoisotopic (exact) mass is 253 g/mol. The van der Waals surface area contributed by atoms with Crippen LogP contribution in [0, 0.1) is 11.8 Å². The molecule has 1 unspecified atom stereocenters. The van der Waals surface area contributed by atoms with Gasteiger partial charge in [0.1, 0.15) is 0 Å². The van der Waals surface area contributed by atoms with E-state index in [2.05, 4.69) is 25.9 Å². The van der Waals surface area contributed by atoms with E-state index in [0.29, 0.717) is 0 Å². The Morgan fingerprint density at radius 2 is 1.67 bits per heavy atom. The summed E-state index contributed by atoms with van der Waals surface area (Å²) in [6.45, 7) is 2.35. The molecule has 106 valence electrons. The van der Waals surface area contributed by atoms with Gasteiger partial charge in [-0.2, -0.15) is 0 Å². The van der Waals surface area contributed by atoms with Crippen LogP contribution in [0.25, 0.3) is 0 Å². The van der Waals surface area contributed by atoms with Gasteiger partial charge >= 0.3 is 0 Å². The van der Waals surface area contributed by atoms with Gasteiger partial charge in [-0.15, -0.1) is 0 Å². The summed E-state index contributed by atoms with van der Waals surface area (Å²) in [6.07, 6.45) is 11.3. The zero-order valence-corrected chi connectivity index (χ0v) is 12.5. The second kappa shape index (κ2) is 5.92. The number of hydrogen-bond acceptors (Lipinski definition) is 2. The van der Waals surface area contributed by atoms with Crippen molar-refractivity contribution in [3.05, 3.63) is 0 Å². The van der Waals surface area contributed by atoms with E-state index >= 15 is 0 Å². The molecule has 2 fully saturated rings. The van der Waals surface area contributed by atoms with Crippen molar-refractivity contribution >= 4 is 0 Å². The average molecular weight is 253 g/mol. The van der Waals surface area contributed by atoms with Crippen molar-refractivity contribution in [3.63, 3.8) is 0 Å². The molecule has 2 heteroatoms. The molecule has 0 bridgehead atoms. The van der Waals surface area contributed by atoms with Gasteiger partial charge in [-0.3, -0.25) is 0 Å². The highest BCUT2D eigenvalue weighted by Crippen LogP contribution is 2.41. The molecule has 0 aromatic rings. The first-order valence-corrected chi connectivity index (χ1v) is 7.90. The number of aliphatic hydroxyl groups excluding tert-OH is 1. The molecule has 2 aliphatic carbocycles.